The Morgan fingerprint density at radius 2 is 2.04 bits per heavy atom. The van der Waals surface area contributed by atoms with E-state index in [9.17, 15) is 0 Å². The highest BCUT2D eigenvalue weighted by Gasteiger charge is 2.10. The number of hydrogen-bond acceptors (Lipinski definition) is 7. The standard InChI is InChI=1S/C17H20N6O/c1-12(2)9-16-22-17(24-23-16)13-3-4-15(21-10-13)20-6-5-14-11-18-7-8-19-14/h3-4,7-8,10-12H,5-6,9H2,1-2H3,(H,20,21). The van der Waals surface area contributed by atoms with E-state index in [4.69, 9.17) is 4.52 Å². The summed E-state index contributed by atoms with van der Waals surface area (Å²) in [7, 11) is 0. The molecule has 3 aromatic heterocycles. The molecular weight excluding hydrogens is 304 g/mol. The van der Waals surface area contributed by atoms with Crippen molar-refractivity contribution in [3.8, 4) is 11.5 Å². The molecule has 0 saturated carbocycles. The summed E-state index contributed by atoms with van der Waals surface area (Å²) in [5, 5.41) is 7.25. The Labute approximate surface area is 140 Å². The number of nitrogens with zero attached hydrogens (tertiary/aromatic N) is 5. The minimum absolute atomic E-state index is 0.495. The molecule has 0 bridgehead atoms. The molecule has 0 saturated heterocycles. The van der Waals surface area contributed by atoms with Crippen molar-refractivity contribution in [1.29, 1.82) is 0 Å². The molecule has 0 fully saturated rings. The summed E-state index contributed by atoms with van der Waals surface area (Å²) >= 11 is 0. The molecule has 0 radical (unpaired) electrons. The predicted molar refractivity (Wildman–Crippen MR) is 90.3 cm³/mol. The van der Waals surface area contributed by atoms with E-state index in [-0.39, 0.29) is 0 Å². The van der Waals surface area contributed by atoms with Gasteiger partial charge in [0.2, 0.25) is 0 Å². The zero-order chi connectivity index (χ0) is 16.8. The van der Waals surface area contributed by atoms with Crippen molar-refractivity contribution in [2.24, 2.45) is 5.92 Å². The van der Waals surface area contributed by atoms with Crippen LogP contribution in [0.5, 0.6) is 0 Å². The molecule has 3 heterocycles. The van der Waals surface area contributed by atoms with Crippen LogP contribution in [-0.2, 0) is 12.8 Å². The molecule has 0 aliphatic heterocycles. The van der Waals surface area contributed by atoms with Gasteiger partial charge in [0, 0.05) is 44.2 Å². The van der Waals surface area contributed by atoms with Gasteiger partial charge in [-0.25, -0.2) is 4.98 Å². The lowest BCUT2D eigenvalue weighted by molar-refractivity contribution is 0.417. The monoisotopic (exact) mass is 324 g/mol. The number of rotatable bonds is 7. The number of hydrogen-bond donors (Lipinski definition) is 1. The van der Waals surface area contributed by atoms with E-state index < -0.39 is 0 Å². The minimum Gasteiger partial charge on any atom is -0.370 e. The van der Waals surface area contributed by atoms with Gasteiger partial charge in [-0.3, -0.25) is 9.97 Å². The predicted octanol–water partition coefficient (Wildman–Crippen LogP) is 2.77. The first-order valence-corrected chi connectivity index (χ1v) is 7.98. The van der Waals surface area contributed by atoms with Crippen LogP contribution in [-0.4, -0.2) is 31.6 Å². The fourth-order valence-electron chi connectivity index (χ4n) is 2.22. The molecule has 0 spiro atoms. The van der Waals surface area contributed by atoms with E-state index >= 15 is 0 Å². The summed E-state index contributed by atoms with van der Waals surface area (Å²) in [6.45, 7) is 4.99. The minimum atomic E-state index is 0.495. The Balaban J connectivity index is 1.56. The van der Waals surface area contributed by atoms with Crippen molar-refractivity contribution >= 4 is 5.82 Å². The summed E-state index contributed by atoms with van der Waals surface area (Å²) in [4.78, 5) is 17.1. The molecule has 1 N–H and O–H groups in total. The Bertz CT molecular complexity index is 754. The van der Waals surface area contributed by atoms with Crippen LogP contribution in [0.25, 0.3) is 11.5 Å². The van der Waals surface area contributed by atoms with Crippen LogP contribution >= 0.6 is 0 Å². The normalized spacial score (nSPS) is 11.0. The fourth-order valence-corrected chi connectivity index (χ4v) is 2.22. The van der Waals surface area contributed by atoms with Crippen LogP contribution in [0.2, 0.25) is 0 Å². The second-order valence-corrected chi connectivity index (χ2v) is 5.92. The number of aromatic nitrogens is 5. The maximum Gasteiger partial charge on any atom is 0.259 e. The lowest BCUT2D eigenvalue weighted by Crippen LogP contribution is -2.07. The second kappa shape index (κ2) is 7.63. The molecule has 0 aliphatic rings. The quantitative estimate of drug-likeness (QED) is 0.714. The lowest BCUT2D eigenvalue weighted by atomic mass is 10.1. The third-order valence-corrected chi connectivity index (χ3v) is 3.37. The summed E-state index contributed by atoms with van der Waals surface area (Å²) in [6, 6.07) is 3.82. The van der Waals surface area contributed by atoms with Gasteiger partial charge in [-0.1, -0.05) is 19.0 Å². The van der Waals surface area contributed by atoms with Gasteiger partial charge in [0.1, 0.15) is 5.82 Å². The fraction of sp³-hybridized carbons (Fsp3) is 0.353. The molecule has 7 nitrogen and oxygen atoms in total. The Hall–Kier alpha value is -2.83. The van der Waals surface area contributed by atoms with E-state index in [1.807, 2.05) is 12.1 Å². The van der Waals surface area contributed by atoms with Crippen LogP contribution in [0.3, 0.4) is 0 Å². The zero-order valence-corrected chi connectivity index (χ0v) is 13.8. The van der Waals surface area contributed by atoms with E-state index in [0.29, 0.717) is 11.8 Å². The van der Waals surface area contributed by atoms with E-state index in [0.717, 1.165) is 42.3 Å². The zero-order valence-electron chi connectivity index (χ0n) is 13.8. The number of anilines is 1. The molecule has 0 atom stereocenters. The van der Waals surface area contributed by atoms with Gasteiger partial charge < -0.3 is 9.84 Å². The summed E-state index contributed by atoms with van der Waals surface area (Å²) in [5.74, 6) is 2.52. The summed E-state index contributed by atoms with van der Waals surface area (Å²) < 4.78 is 5.29. The van der Waals surface area contributed by atoms with Gasteiger partial charge in [-0.2, -0.15) is 4.98 Å². The van der Waals surface area contributed by atoms with Crippen LogP contribution in [0, 0.1) is 5.92 Å². The van der Waals surface area contributed by atoms with Gasteiger partial charge >= 0.3 is 0 Å². The lowest BCUT2D eigenvalue weighted by Gasteiger charge is -2.05. The van der Waals surface area contributed by atoms with E-state index in [1.165, 1.54) is 0 Å². The van der Waals surface area contributed by atoms with Gasteiger partial charge in [0.05, 0.1) is 11.3 Å². The molecule has 0 unspecified atom stereocenters. The molecule has 7 heteroatoms. The molecule has 0 aliphatic carbocycles. The third kappa shape index (κ3) is 4.34. The van der Waals surface area contributed by atoms with E-state index in [2.05, 4.69) is 44.3 Å². The van der Waals surface area contributed by atoms with Gasteiger partial charge in [0.25, 0.3) is 5.89 Å². The third-order valence-electron chi connectivity index (χ3n) is 3.37. The Morgan fingerprint density at radius 1 is 1.12 bits per heavy atom. The van der Waals surface area contributed by atoms with Gasteiger partial charge in [0.15, 0.2) is 5.82 Å². The van der Waals surface area contributed by atoms with Crippen molar-refractivity contribution in [3.63, 3.8) is 0 Å². The maximum absolute atomic E-state index is 5.29. The highest BCUT2D eigenvalue weighted by Crippen LogP contribution is 2.18. The Morgan fingerprint density at radius 3 is 2.75 bits per heavy atom. The summed E-state index contributed by atoms with van der Waals surface area (Å²) in [5.41, 5.74) is 1.77. The summed E-state index contributed by atoms with van der Waals surface area (Å²) in [6.07, 6.45) is 8.46. The average Bonchev–Trinajstić information content (AvgIpc) is 3.04. The molecule has 3 rings (SSSR count). The van der Waals surface area contributed by atoms with Crippen LogP contribution in [0.4, 0.5) is 5.82 Å². The van der Waals surface area contributed by atoms with E-state index in [1.54, 1.807) is 24.8 Å². The SMILES string of the molecule is CC(C)Cc1noc(-c2ccc(NCCc3cnccn3)nc2)n1. The molecular formula is C17H20N6O. The first-order valence-electron chi connectivity index (χ1n) is 7.98. The first kappa shape index (κ1) is 16.0. The molecule has 124 valence electrons. The van der Waals surface area contributed by atoms with Crippen LogP contribution < -0.4 is 5.32 Å². The number of pyridine rings is 1. The van der Waals surface area contributed by atoms with Crippen LogP contribution in [0.15, 0.2) is 41.4 Å². The second-order valence-electron chi connectivity index (χ2n) is 5.92. The molecule has 0 aromatic carbocycles. The van der Waals surface area contributed by atoms with Gasteiger partial charge in [-0.15, -0.1) is 0 Å². The maximum atomic E-state index is 5.29. The topological polar surface area (TPSA) is 89.6 Å². The van der Waals surface area contributed by atoms with Crippen LogP contribution in [0.1, 0.15) is 25.4 Å². The molecule has 24 heavy (non-hydrogen) atoms. The van der Waals surface area contributed by atoms with Crippen molar-refractivity contribution in [2.45, 2.75) is 26.7 Å². The molecule has 0 amide bonds. The highest BCUT2D eigenvalue weighted by atomic mass is 16.5. The number of nitrogens with one attached hydrogen (secondary N) is 1. The van der Waals surface area contributed by atoms with Crippen molar-refractivity contribution in [3.05, 3.63) is 48.4 Å². The highest BCUT2D eigenvalue weighted by molar-refractivity contribution is 5.54. The largest absolute Gasteiger partial charge is 0.370 e. The van der Waals surface area contributed by atoms with Crippen molar-refractivity contribution in [2.75, 3.05) is 11.9 Å². The molecule has 3 aromatic rings. The smallest absolute Gasteiger partial charge is 0.259 e. The first-order chi connectivity index (χ1) is 11.7. The Kier molecular flexibility index (Phi) is 5.10. The van der Waals surface area contributed by atoms with Gasteiger partial charge in [-0.05, 0) is 18.1 Å². The van der Waals surface area contributed by atoms with Crippen molar-refractivity contribution < 1.29 is 4.52 Å². The van der Waals surface area contributed by atoms with Crippen molar-refractivity contribution in [1.82, 2.24) is 25.1 Å². The average molecular weight is 324 g/mol.